The first-order valence-electron chi connectivity index (χ1n) is 8.19. The molecule has 0 spiro atoms. The molecule has 1 aromatic heterocycles. The number of hydrogen-bond acceptors (Lipinski definition) is 3. The van der Waals surface area contributed by atoms with Crippen LogP contribution in [0.15, 0.2) is 36.4 Å². The number of benzene rings is 2. The molecule has 1 N–H and O–H groups in total. The van der Waals surface area contributed by atoms with Crippen molar-refractivity contribution < 1.29 is 4.79 Å². The molecule has 0 fully saturated rings. The minimum atomic E-state index is -0.0214. The Morgan fingerprint density at radius 2 is 1.96 bits per heavy atom. The first kappa shape index (κ1) is 16.7. The van der Waals surface area contributed by atoms with E-state index in [1.165, 1.54) is 22.5 Å². The Morgan fingerprint density at radius 1 is 1.17 bits per heavy atom. The van der Waals surface area contributed by atoms with E-state index in [0.717, 1.165) is 21.3 Å². The van der Waals surface area contributed by atoms with E-state index in [-0.39, 0.29) is 5.91 Å². The van der Waals surface area contributed by atoms with E-state index in [1.807, 2.05) is 19.9 Å². The maximum Gasteiger partial charge on any atom is 0.230 e. The van der Waals surface area contributed by atoms with Gasteiger partial charge in [0.1, 0.15) is 0 Å². The van der Waals surface area contributed by atoms with E-state index in [1.54, 1.807) is 0 Å². The Hall–Kier alpha value is -2.20. The fourth-order valence-corrected chi connectivity index (χ4v) is 3.61. The molecule has 0 aliphatic heterocycles. The molecule has 1 amide bonds. The molecule has 0 radical (unpaired) electrons. The minimum Gasteiger partial charge on any atom is -0.302 e. The van der Waals surface area contributed by atoms with Crippen molar-refractivity contribution >= 4 is 32.6 Å². The third-order valence-corrected chi connectivity index (χ3v) is 5.11. The number of hydrogen-bond donors (Lipinski definition) is 1. The van der Waals surface area contributed by atoms with Crippen molar-refractivity contribution in [1.29, 1.82) is 0 Å². The number of amides is 1. The molecule has 0 atom stereocenters. The highest BCUT2D eigenvalue weighted by Gasteiger charge is 2.11. The number of rotatable bonds is 4. The zero-order valence-electron chi connectivity index (χ0n) is 14.5. The van der Waals surface area contributed by atoms with Crippen LogP contribution in [-0.2, 0) is 11.2 Å². The van der Waals surface area contributed by atoms with Crippen molar-refractivity contribution in [3.63, 3.8) is 0 Å². The summed E-state index contributed by atoms with van der Waals surface area (Å²) in [6.07, 6.45) is 0.376. The van der Waals surface area contributed by atoms with Crippen molar-refractivity contribution in [2.24, 2.45) is 0 Å². The molecule has 4 heteroatoms. The fourth-order valence-electron chi connectivity index (χ4n) is 2.68. The lowest BCUT2D eigenvalue weighted by molar-refractivity contribution is -0.115. The molecule has 3 aromatic rings. The van der Waals surface area contributed by atoms with Crippen LogP contribution in [0.1, 0.15) is 42.0 Å². The van der Waals surface area contributed by atoms with Crippen LogP contribution in [0.25, 0.3) is 10.2 Å². The molecule has 0 aliphatic carbocycles. The highest BCUT2D eigenvalue weighted by molar-refractivity contribution is 7.22. The predicted octanol–water partition coefficient (Wildman–Crippen LogP) is 5.22. The number of anilines is 1. The number of nitrogens with zero attached hydrogens (tertiary/aromatic N) is 1. The highest BCUT2D eigenvalue weighted by atomic mass is 32.1. The summed E-state index contributed by atoms with van der Waals surface area (Å²) < 4.78 is 1.11. The Labute approximate surface area is 146 Å². The molecule has 0 saturated carbocycles. The molecule has 2 aromatic carbocycles. The minimum absolute atomic E-state index is 0.0214. The van der Waals surface area contributed by atoms with Gasteiger partial charge in [-0.3, -0.25) is 4.79 Å². The van der Waals surface area contributed by atoms with Gasteiger partial charge in [-0.2, -0.15) is 0 Å². The number of fused-ring (bicyclic) bond motifs is 1. The lowest BCUT2D eigenvalue weighted by Crippen LogP contribution is -2.14. The molecular formula is C20H22N2OS. The molecule has 0 aliphatic rings. The van der Waals surface area contributed by atoms with Crippen molar-refractivity contribution in [3.8, 4) is 0 Å². The van der Waals surface area contributed by atoms with Gasteiger partial charge in [0.05, 0.1) is 16.6 Å². The fraction of sp³-hybridized carbons (Fsp3) is 0.300. The monoisotopic (exact) mass is 338 g/mol. The van der Waals surface area contributed by atoms with E-state index in [9.17, 15) is 4.79 Å². The van der Waals surface area contributed by atoms with Crippen molar-refractivity contribution in [2.45, 2.75) is 40.0 Å². The molecular weight excluding hydrogens is 316 g/mol. The van der Waals surface area contributed by atoms with Crippen LogP contribution in [-0.4, -0.2) is 10.9 Å². The normalized spacial score (nSPS) is 11.2. The third kappa shape index (κ3) is 3.65. The van der Waals surface area contributed by atoms with Gasteiger partial charge >= 0.3 is 0 Å². The lowest BCUT2D eigenvalue weighted by atomic mass is 10.0. The van der Waals surface area contributed by atoms with Crippen molar-refractivity contribution in [3.05, 3.63) is 58.7 Å². The van der Waals surface area contributed by atoms with Gasteiger partial charge in [-0.15, -0.1) is 0 Å². The molecule has 0 saturated heterocycles. The van der Waals surface area contributed by atoms with Gasteiger partial charge in [-0.1, -0.05) is 55.0 Å². The molecule has 3 rings (SSSR count). The number of carbonyl (C=O) groups excluding carboxylic acids is 1. The Balaban J connectivity index is 1.76. The number of carbonyl (C=O) groups is 1. The van der Waals surface area contributed by atoms with Crippen LogP contribution in [0.5, 0.6) is 0 Å². The molecule has 3 nitrogen and oxygen atoms in total. The average molecular weight is 338 g/mol. The Morgan fingerprint density at radius 3 is 2.71 bits per heavy atom. The van der Waals surface area contributed by atoms with Crippen LogP contribution in [0.2, 0.25) is 0 Å². The van der Waals surface area contributed by atoms with Crippen LogP contribution >= 0.6 is 11.3 Å². The summed E-state index contributed by atoms with van der Waals surface area (Å²) in [6, 6.07) is 12.5. The van der Waals surface area contributed by atoms with E-state index in [4.69, 9.17) is 0 Å². The second-order valence-corrected chi connectivity index (χ2v) is 7.59. The Kier molecular flexibility index (Phi) is 4.67. The summed E-state index contributed by atoms with van der Waals surface area (Å²) >= 11 is 1.53. The third-order valence-electron chi connectivity index (χ3n) is 4.18. The van der Waals surface area contributed by atoms with Gasteiger partial charge in [0.25, 0.3) is 0 Å². The van der Waals surface area contributed by atoms with E-state index >= 15 is 0 Å². The topological polar surface area (TPSA) is 42.0 Å². The van der Waals surface area contributed by atoms with Crippen LogP contribution in [0, 0.1) is 13.8 Å². The summed E-state index contributed by atoms with van der Waals surface area (Å²) in [5.41, 5.74) is 5.60. The van der Waals surface area contributed by atoms with E-state index in [0.29, 0.717) is 17.5 Å². The SMILES string of the molecule is Cc1ccc(C)c(CC(=O)Nc2nc3ccc(C(C)C)cc3s2)c1. The van der Waals surface area contributed by atoms with Crippen molar-refractivity contribution in [1.82, 2.24) is 4.98 Å². The smallest absolute Gasteiger partial charge is 0.230 e. The first-order chi connectivity index (χ1) is 11.4. The molecule has 1 heterocycles. The van der Waals surface area contributed by atoms with Gasteiger partial charge in [0.15, 0.2) is 5.13 Å². The van der Waals surface area contributed by atoms with Gasteiger partial charge in [-0.25, -0.2) is 4.98 Å². The van der Waals surface area contributed by atoms with Crippen LogP contribution < -0.4 is 5.32 Å². The second kappa shape index (κ2) is 6.73. The molecule has 124 valence electrons. The standard InChI is InChI=1S/C20H22N2OS/c1-12(2)15-7-8-17-18(10-15)24-20(21-17)22-19(23)11-16-9-13(3)5-6-14(16)4/h5-10,12H,11H2,1-4H3,(H,21,22,23). The number of thiazole rings is 1. The van der Waals surface area contributed by atoms with Crippen LogP contribution in [0.3, 0.4) is 0 Å². The predicted molar refractivity (Wildman–Crippen MR) is 102 cm³/mol. The quantitative estimate of drug-likeness (QED) is 0.709. The summed E-state index contributed by atoms with van der Waals surface area (Å²) in [4.78, 5) is 16.9. The summed E-state index contributed by atoms with van der Waals surface area (Å²) in [7, 11) is 0. The first-order valence-corrected chi connectivity index (χ1v) is 9.00. The maximum atomic E-state index is 12.4. The maximum absolute atomic E-state index is 12.4. The zero-order chi connectivity index (χ0) is 17.3. The summed E-state index contributed by atoms with van der Waals surface area (Å²) in [5, 5.41) is 3.61. The van der Waals surface area contributed by atoms with Crippen molar-refractivity contribution in [2.75, 3.05) is 5.32 Å². The second-order valence-electron chi connectivity index (χ2n) is 6.56. The largest absolute Gasteiger partial charge is 0.302 e. The molecule has 0 bridgehead atoms. The molecule has 24 heavy (non-hydrogen) atoms. The average Bonchev–Trinajstić information content (AvgIpc) is 2.91. The van der Waals surface area contributed by atoms with E-state index < -0.39 is 0 Å². The lowest BCUT2D eigenvalue weighted by Gasteiger charge is -2.06. The number of aromatic nitrogens is 1. The number of nitrogens with one attached hydrogen (secondary N) is 1. The summed E-state index contributed by atoms with van der Waals surface area (Å²) in [6.45, 7) is 8.43. The van der Waals surface area contributed by atoms with Gasteiger partial charge < -0.3 is 5.32 Å². The highest BCUT2D eigenvalue weighted by Crippen LogP contribution is 2.29. The molecule has 0 unspecified atom stereocenters. The van der Waals surface area contributed by atoms with Gasteiger partial charge in [0.2, 0.25) is 5.91 Å². The summed E-state index contributed by atoms with van der Waals surface area (Å²) in [5.74, 6) is 0.464. The van der Waals surface area contributed by atoms with E-state index in [2.05, 4.69) is 54.5 Å². The zero-order valence-corrected chi connectivity index (χ0v) is 15.3. The van der Waals surface area contributed by atoms with Gasteiger partial charge in [-0.05, 0) is 48.6 Å². The van der Waals surface area contributed by atoms with Crippen LogP contribution in [0.4, 0.5) is 5.13 Å². The Bertz CT molecular complexity index is 896. The number of aryl methyl sites for hydroxylation is 2. The van der Waals surface area contributed by atoms with Gasteiger partial charge in [0, 0.05) is 0 Å².